The third-order valence-corrected chi connectivity index (χ3v) is 12.3. The summed E-state index contributed by atoms with van der Waals surface area (Å²) >= 11 is 6.84. The van der Waals surface area contributed by atoms with Gasteiger partial charge in [-0.25, -0.2) is 4.79 Å². The van der Waals surface area contributed by atoms with Crippen LogP contribution >= 0.6 is 31.9 Å². The summed E-state index contributed by atoms with van der Waals surface area (Å²) in [6.45, 7) is 7.94. The number of carbonyl (C=O) groups is 2. The highest BCUT2D eigenvalue weighted by Gasteiger charge is 2.65. The molecule has 0 bridgehead atoms. The lowest BCUT2D eigenvalue weighted by atomic mass is 9.43. The van der Waals surface area contributed by atoms with Crippen LogP contribution in [0.3, 0.4) is 0 Å². The number of carboxylic acid groups (broad SMARTS) is 1. The van der Waals surface area contributed by atoms with Gasteiger partial charge in [0.1, 0.15) is 6.10 Å². The maximum absolute atomic E-state index is 12.8. The maximum atomic E-state index is 12.8. The van der Waals surface area contributed by atoms with E-state index in [1.807, 2.05) is 0 Å². The first-order valence-corrected chi connectivity index (χ1v) is 16.9. The van der Waals surface area contributed by atoms with Crippen LogP contribution in [-0.2, 0) is 9.53 Å². The minimum absolute atomic E-state index is 0.00747. The number of amides is 1. The Labute approximate surface area is 244 Å². The summed E-state index contributed by atoms with van der Waals surface area (Å²) in [6, 6.07) is 0. The number of carbonyl (C=O) groups excluding carboxylic acids is 1. The summed E-state index contributed by atoms with van der Waals surface area (Å²) < 4.78 is 5.98. The Morgan fingerprint density at radius 3 is 2.34 bits per heavy atom. The summed E-state index contributed by atoms with van der Waals surface area (Å²) in [7, 11) is 0. The second-order valence-electron chi connectivity index (χ2n) is 13.2. The van der Waals surface area contributed by atoms with Gasteiger partial charge in [-0.3, -0.25) is 4.79 Å². The van der Waals surface area contributed by atoms with Crippen molar-refractivity contribution in [2.75, 3.05) is 23.7 Å². The molecule has 1 amide bonds. The highest BCUT2D eigenvalue weighted by atomic mass is 79.9. The standard InChI is InChI=1S/C29H47Br2NO6/c1-17(4-7-25(35)36)20-5-6-21-26-22(16-24(34)29(20,21)3)28(2)9-8-19(14-18(28)15-23(26)33)38-27(37)32(12-10-30)13-11-31/h17-24,26,33-34H,4-16H2,1-3H3,(H,35,36)/t17-,18+,19-,20-,21+,22+,23-,24+,26+,28+,29-/m1/s1. The fourth-order valence-electron chi connectivity index (χ4n) is 9.49. The SMILES string of the molecule is C[C@H](CCC(=O)O)[C@H]1CC[C@H]2[C@@H]3[C@H](O)C[C@@H]4C[C@H](OC(=O)N(CCBr)CCBr)CC[C@]4(C)[C@H]3C[C@H](O)[C@]12C. The maximum Gasteiger partial charge on any atom is 0.410 e. The van der Waals surface area contributed by atoms with Crippen molar-refractivity contribution in [1.29, 1.82) is 0 Å². The van der Waals surface area contributed by atoms with E-state index in [-0.39, 0.29) is 65.0 Å². The Hall–Kier alpha value is -0.380. The number of aliphatic hydroxyl groups is 2. The third kappa shape index (κ3) is 5.56. The number of aliphatic hydroxyl groups excluding tert-OH is 2. The molecule has 218 valence electrons. The van der Waals surface area contributed by atoms with Gasteiger partial charge in [-0.15, -0.1) is 0 Å². The smallest absolute Gasteiger partial charge is 0.410 e. The van der Waals surface area contributed by atoms with Crippen molar-refractivity contribution in [3.63, 3.8) is 0 Å². The number of nitrogens with zero attached hydrogens (tertiary/aromatic N) is 1. The molecule has 11 atom stereocenters. The van der Waals surface area contributed by atoms with Gasteiger partial charge < -0.3 is 25.0 Å². The molecule has 4 aliphatic carbocycles. The summed E-state index contributed by atoms with van der Waals surface area (Å²) in [5.74, 6) is 0.657. The summed E-state index contributed by atoms with van der Waals surface area (Å²) in [6.07, 6.45) is 5.46. The monoisotopic (exact) mass is 663 g/mol. The topological polar surface area (TPSA) is 107 Å². The number of hydrogen-bond donors (Lipinski definition) is 3. The molecule has 0 saturated heterocycles. The van der Waals surface area contributed by atoms with Gasteiger partial charge in [-0.05, 0) is 97.7 Å². The predicted octanol–water partition coefficient (Wildman–Crippen LogP) is 5.68. The van der Waals surface area contributed by atoms with Crippen LogP contribution in [0.4, 0.5) is 4.79 Å². The van der Waals surface area contributed by atoms with Crippen molar-refractivity contribution in [2.45, 2.75) is 96.9 Å². The Morgan fingerprint density at radius 2 is 1.71 bits per heavy atom. The molecule has 3 N–H and O–H groups in total. The van der Waals surface area contributed by atoms with Crippen LogP contribution in [0, 0.1) is 46.3 Å². The van der Waals surface area contributed by atoms with E-state index in [0.29, 0.717) is 36.6 Å². The molecule has 0 aliphatic heterocycles. The molecule has 0 aromatic heterocycles. The number of fused-ring (bicyclic) bond motifs is 5. The Bertz CT molecular complexity index is 855. The largest absolute Gasteiger partial charge is 0.481 e. The number of ether oxygens (including phenoxy) is 1. The quantitative estimate of drug-likeness (QED) is 0.274. The molecule has 0 unspecified atom stereocenters. The number of rotatable bonds is 9. The minimum atomic E-state index is -0.761. The molecule has 0 radical (unpaired) electrons. The minimum Gasteiger partial charge on any atom is -0.481 e. The Morgan fingerprint density at radius 1 is 1.03 bits per heavy atom. The van der Waals surface area contributed by atoms with E-state index in [0.717, 1.165) is 38.5 Å². The lowest BCUT2D eigenvalue weighted by Gasteiger charge is -2.63. The highest BCUT2D eigenvalue weighted by Crippen LogP contribution is 2.68. The summed E-state index contributed by atoms with van der Waals surface area (Å²) in [5.41, 5.74) is -0.280. The van der Waals surface area contributed by atoms with Gasteiger partial charge in [0.2, 0.25) is 0 Å². The molecular formula is C29H47Br2NO6. The summed E-state index contributed by atoms with van der Waals surface area (Å²) in [4.78, 5) is 25.8. The van der Waals surface area contributed by atoms with Crippen molar-refractivity contribution in [3.05, 3.63) is 0 Å². The average Bonchev–Trinajstić information content (AvgIpc) is 3.22. The molecule has 4 aliphatic rings. The number of alkyl halides is 2. The first kappa shape index (κ1) is 30.6. The van der Waals surface area contributed by atoms with Crippen molar-refractivity contribution in [2.24, 2.45) is 46.3 Å². The van der Waals surface area contributed by atoms with Crippen molar-refractivity contribution in [3.8, 4) is 0 Å². The second-order valence-corrected chi connectivity index (χ2v) is 14.7. The van der Waals surface area contributed by atoms with Crippen LogP contribution in [0.25, 0.3) is 0 Å². The lowest BCUT2D eigenvalue weighted by molar-refractivity contribution is -0.207. The number of aliphatic carboxylic acids is 1. The van der Waals surface area contributed by atoms with Crippen LogP contribution in [0.5, 0.6) is 0 Å². The molecule has 38 heavy (non-hydrogen) atoms. The van der Waals surface area contributed by atoms with E-state index in [2.05, 4.69) is 52.6 Å². The molecule has 4 saturated carbocycles. The predicted molar refractivity (Wildman–Crippen MR) is 153 cm³/mol. The normalized spacial score (nSPS) is 42.9. The Balaban J connectivity index is 1.48. The molecule has 7 nitrogen and oxygen atoms in total. The summed E-state index contributed by atoms with van der Waals surface area (Å²) in [5, 5.41) is 34.0. The number of halogens is 2. The first-order chi connectivity index (χ1) is 18.0. The van der Waals surface area contributed by atoms with E-state index in [1.54, 1.807) is 4.90 Å². The molecule has 0 aromatic rings. The Kier molecular flexibility index (Phi) is 9.85. The van der Waals surface area contributed by atoms with Crippen molar-refractivity contribution < 1.29 is 29.6 Å². The van der Waals surface area contributed by atoms with E-state index < -0.39 is 18.2 Å². The van der Waals surface area contributed by atoms with Gasteiger partial charge in [-0.2, -0.15) is 0 Å². The molecule has 9 heteroatoms. The van der Waals surface area contributed by atoms with Gasteiger partial charge in [0.25, 0.3) is 0 Å². The van der Waals surface area contributed by atoms with Crippen LogP contribution in [0.15, 0.2) is 0 Å². The van der Waals surface area contributed by atoms with Crippen LogP contribution < -0.4 is 0 Å². The number of hydrogen-bond acceptors (Lipinski definition) is 5. The molecule has 0 heterocycles. The molecule has 0 aromatic carbocycles. The lowest BCUT2D eigenvalue weighted by Crippen LogP contribution is -2.62. The van der Waals surface area contributed by atoms with Crippen molar-refractivity contribution >= 4 is 43.9 Å². The molecule has 0 spiro atoms. The van der Waals surface area contributed by atoms with Gasteiger partial charge in [-0.1, -0.05) is 52.6 Å². The van der Waals surface area contributed by atoms with Crippen LogP contribution in [0.1, 0.15) is 78.6 Å². The third-order valence-electron chi connectivity index (χ3n) is 11.5. The van der Waals surface area contributed by atoms with Crippen LogP contribution in [-0.4, -0.2) is 74.3 Å². The zero-order valence-electron chi connectivity index (χ0n) is 23.2. The van der Waals surface area contributed by atoms with Crippen molar-refractivity contribution in [1.82, 2.24) is 4.90 Å². The average molecular weight is 666 g/mol. The van der Waals surface area contributed by atoms with Gasteiger partial charge in [0.15, 0.2) is 0 Å². The van der Waals surface area contributed by atoms with Gasteiger partial charge in [0, 0.05) is 30.2 Å². The van der Waals surface area contributed by atoms with Gasteiger partial charge >= 0.3 is 12.1 Å². The van der Waals surface area contributed by atoms with E-state index in [9.17, 15) is 24.9 Å². The van der Waals surface area contributed by atoms with Crippen LogP contribution in [0.2, 0.25) is 0 Å². The fourth-order valence-corrected chi connectivity index (χ4v) is 10.3. The molecule has 4 rings (SSSR count). The van der Waals surface area contributed by atoms with Gasteiger partial charge in [0.05, 0.1) is 12.2 Å². The second kappa shape index (κ2) is 12.2. The zero-order chi connectivity index (χ0) is 27.8. The van der Waals surface area contributed by atoms with E-state index in [4.69, 9.17) is 4.74 Å². The molecule has 4 fully saturated rings. The zero-order valence-corrected chi connectivity index (χ0v) is 26.3. The highest BCUT2D eigenvalue weighted by molar-refractivity contribution is 9.09. The van der Waals surface area contributed by atoms with E-state index in [1.165, 1.54) is 0 Å². The fraction of sp³-hybridized carbons (Fsp3) is 0.931. The molecular weight excluding hydrogens is 618 g/mol. The first-order valence-electron chi connectivity index (χ1n) is 14.6. The number of carboxylic acids is 1. The van der Waals surface area contributed by atoms with E-state index >= 15 is 0 Å².